The van der Waals surface area contributed by atoms with Crippen LogP contribution in [0.4, 0.5) is 16.2 Å². The van der Waals surface area contributed by atoms with Crippen LogP contribution in [0.15, 0.2) is 65.6 Å². The molecule has 4 rings (SSSR count). The van der Waals surface area contributed by atoms with Gasteiger partial charge in [0.2, 0.25) is 0 Å². The number of nitro groups is 1. The van der Waals surface area contributed by atoms with Crippen molar-refractivity contribution in [3.05, 3.63) is 97.9 Å². The molecule has 1 aliphatic rings. The molecular weight excluding hydrogens is 534 g/mol. The van der Waals surface area contributed by atoms with Gasteiger partial charge in [0.05, 0.1) is 23.0 Å². The van der Waals surface area contributed by atoms with E-state index >= 15 is 0 Å². The molecule has 0 saturated carbocycles. The van der Waals surface area contributed by atoms with Crippen molar-refractivity contribution in [3.8, 4) is 11.5 Å². The molecule has 1 N–H and O–H groups in total. The highest BCUT2D eigenvalue weighted by Gasteiger charge is 2.36. The molecule has 3 aromatic carbocycles. The lowest BCUT2D eigenvalue weighted by Gasteiger charge is -2.14. The third kappa shape index (κ3) is 6.49. The molecule has 0 radical (unpaired) electrons. The van der Waals surface area contributed by atoms with Gasteiger partial charge in [-0.3, -0.25) is 29.4 Å². The quantitative estimate of drug-likeness (QED) is 0.185. The van der Waals surface area contributed by atoms with Crippen molar-refractivity contribution in [2.24, 2.45) is 0 Å². The van der Waals surface area contributed by atoms with E-state index in [1.807, 2.05) is 32.0 Å². The second-order valence-corrected chi connectivity index (χ2v) is 9.87. The average Bonchev–Trinajstić information content (AvgIpc) is 3.18. The molecule has 3 aromatic rings. The molecule has 3 amide bonds. The Morgan fingerprint density at radius 2 is 1.82 bits per heavy atom. The SMILES string of the molecule is CCOc1cc(/C=C2\SC(=O)N(Cc3ccccc3[N+](=O)[O-])C2=O)ccc1OCC(=O)Nc1cccc(C)c1C. The van der Waals surface area contributed by atoms with Crippen LogP contribution in [-0.4, -0.2) is 40.1 Å². The number of aryl methyl sites for hydroxylation is 1. The van der Waals surface area contributed by atoms with E-state index in [9.17, 15) is 24.5 Å². The zero-order valence-electron chi connectivity index (χ0n) is 22.1. The average molecular weight is 562 g/mol. The van der Waals surface area contributed by atoms with Gasteiger partial charge in [-0.15, -0.1) is 0 Å². The molecule has 0 atom stereocenters. The highest BCUT2D eigenvalue weighted by molar-refractivity contribution is 8.18. The third-order valence-electron chi connectivity index (χ3n) is 6.19. The van der Waals surface area contributed by atoms with Crippen molar-refractivity contribution < 1.29 is 28.8 Å². The molecule has 0 aliphatic carbocycles. The number of hydrogen-bond donors (Lipinski definition) is 1. The smallest absolute Gasteiger partial charge is 0.293 e. The van der Waals surface area contributed by atoms with Gasteiger partial charge in [0.1, 0.15) is 0 Å². The Hall–Kier alpha value is -4.64. The zero-order chi connectivity index (χ0) is 28.8. The number of para-hydroxylation sites is 1. The number of nitro benzene ring substituents is 1. The first-order valence-electron chi connectivity index (χ1n) is 12.4. The van der Waals surface area contributed by atoms with Gasteiger partial charge in [-0.2, -0.15) is 0 Å². The Bertz CT molecular complexity index is 1520. The summed E-state index contributed by atoms with van der Waals surface area (Å²) in [6.45, 7) is 5.58. The molecule has 206 valence electrons. The van der Waals surface area contributed by atoms with Gasteiger partial charge in [0, 0.05) is 17.3 Å². The Kier molecular flexibility index (Phi) is 8.85. The topological polar surface area (TPSA) is 128 Å². The van der Waals surface area contributed by atoms with Gasteiger partial charge in [-0.05, 0) is 73.5 Å². The van der Waals surface area contributed by atoms with Gasteiger partial charge in [-0.25, -0.2) is 0 Å². The second kappa shape index (κ2) is 12.5. The molecule has 11 heteroatoms. The van der Waals surface area contributed by atoms with Gasteiger partial charge in [-0.1, -0.05) is 36.4 Å². The Labute approximate surface area is 235 Å². The van der Waals surface area contributed by atoms with Crippen LogP contribution < -0.4 is 14.8 Å². The van der Waals surface area contributed by atoms with Crippen LogP contribution in [0, 0.1) is 24.0 Å². The maximum Gasteiger partial charge on any atom is 0.293 e. The zero-order valence-corrected chi connectivity index (χ0v) is 22.9. The lowest BCUT2D eigenvalue weighted by molar-refractivity contribution is -0.385. The molecule has 10 nitrogen and oxygen atoms in total. The lowest BCUT2D eigenvalue weighted by Crippen LogP contribution is -2.27. The number of amides is 3. The summed E-state index contributed by atoms with van der Waals surface area (Å²) in [7, 11) is 0. The molecule has 1 heterocycles. The van der Waals surface area contributed by atoms with Crippen LogP contribution in [0.5, 0.6) is 11.5 Å². The van der Waals surface area contributed by atoms with Crippen molar-refractivity contribution in [2.75, 3.05) is 18.5 Å². The van der Waals surface area contributed by atoms with Crippen molar-refractivity contribution >= 4 is 46.3 Å². The fraction of sp³-hybridized carbons (Fsp3) is 0.207. The first kappa shape index (κ1) is 28.4. The fourth-order valence-corrected chi connectivity index (χ4v) is 4.84. The summed E-state index contributed by atoms with van der Waals surface area (Å²) in [6, 6.07) is 16.6. The third-order valence-corrected chi connectivity index (χ3v) is 7.10. The van der Waals surface area contributed by atoms with Crippen molar-refractivity contribution in [3.63, 3.8) is 0 Å². The predicted octanol–water partition coefficient (Wildman–Crippen LogP) is 5.86. The van der Waals surface area contributed by atoms with Crippen molar-refractivity contribution in [1.82, 2.24) is 4.90 Å². The summed E-state index contributed by atoms with van der Waals surface area (Å²) >= 11 is 0.754. The molecule has 40 heavy (non-hydrogen) atoms. The molecule has 1 fully saturated rings. The van der Waals surface area contributed by atoms with E-state index < -0.39 is 16.1 Å². The van der Waals surface area contributed by atoms with Crippen LogP contribution in [0.3, 0.4) is 0 Å². The van der Waals surface area contributed by atoms with E-state index in [0.717, 1.165) is 27.8 Å². The summed E-state index contributed by atoms with van der Waals surface area (Å²) in [5.41, 5.74) is 3.42. The number of hydrogen-bond acceptors (Lipinski definition) is 8. The van der Waals surface area contributed by atoms with Crippen LogP contribution in [0.2, 0.25) is 0 Å². The Morgan fingerprint density at radius 3 is 2.58 bits per heavy atom. The summed E-state index contributed by atoms with van der Waals surface area (Å²) < 4.78 is 11.4. The number of rotatable bonds is 10. The van der Waals surface area contributed by atoms with E-state index in [1.54, 1.807) is 37.3 Å². The number of carbonyl (C=O) groups excluding carboxylic acids is 3. The van der Waals surface area contributed by atoms with Gasteiger partial charge < -0.3 is 14.8 Å². The van der Waals surface area contributed by atoms with Gasteiger partial charge in [0.25, 0.3) is 22.7 Å². The number of thioether (sulfide) groups is 1. The lowest BCUT2D eigenvalue weighted by atomic mass is 10.1. The number of ether oxygens (including phenoxy) is 2. The van der Waals surface area contributed by atoms with E-state index in [4.69, 9.17) is 9.47 Å². The molecule has 0 aromatic heterocycles. The first-order valence-corrected chi connectivity index (χ1v) is 13.2. The standard InChI is InChI=1S/C29H27N3O7S/c1-4-38-25-14-20(12-13-24(25)39-17-27(33)30-22-10-7-8-18(2)19(22)3)15-26-28(34)31(29(35)40-26)16-21-9-5-6-11-23(21)32(36)37/h5-15H,4,16-17H2,1-3H3,(H,30,33)/b26-15-. The fourth-order valence-electron chi connectivity index (χ4n) is 4.00. The highest BCUT2D eigenvalue weighted by atomic mass is 32.2. The minimum absolute atomic E-state index is 0.162. The molecule has 1 saturated heterocycles. The van der Waals surface area contributed by atoms with Crippen LogP contribution in [-0.2, 0) is 16.1 Å². The maximum absolute atomic E-state index is 13.0. The summed E-state index contributed by atoms with van der Waals surface area (Å²) in [4.78, 5) is 50.0. The largest absolute Gasteiger partial charge is 0.490 e. The van der Waals surface area contributed by atoms with Crippen LogP contribution >= 0.6 is 11.8 Å². The van der Waals surface area contributed by atoms with Crippen molar-refractivity contribution in [1.29, 1.82) is 0 Å². The Balaban J connectivity index is 1.47. The van der Waals surface area contributed by atoms with E-state index in [-0.39, 0.29) is 35.2 Å². The summed E-state index contributed by atoms with van der Waals surface area (Å²) in [5.74, 6) is -0.156. The Morgan fingerprint density at radius 1 is 1.05 bits per heavy atom. The van der Waals surface area contributed by atoms with E-state index in [1.165, 1.54) is 18.2 Å². The van der Waals surface area contributed by atoms with E-state index in [0.29, 0.717) is 29.4 Å². The van der Waals surface area contributed by atoms with E-state index in [2.05, 4.69) is 5.32 Å². The molecular formula is C29H27N3O7S. The molecule has 0 unspecified atom stereocenters. The number of benzene rings is 3. The predicted molar refractivity (Wildman–Crippen MR) is 152 cm³/mol. The molecule has 0 spiro atoms. The number of nitrogens with one attached hydrogen (secondary N) is 1. The maximum atomic E-state index is 13.0. The number of nitrogens with zero attached hydrogens (tertiary/aromatic N) is 2. The molecule has 0 bridgehead atoms. The van der Waals surface area contributed by atoms with Crippen LogP contribution in [0.25, 0.3) is 6.08 Å². The van der Waals surface area contributed by atoms with Crippen molar-refractivity contribution in [2.45, 2.75) is 27.3 Å². The summed E-state index contributed by atoms with van der Waals surface area (Å²) in [6.07, 6.45) is 1.55. The van der Waals surface area contributed by atoms with Crippen LogP contribution in [0.1, 0.15) is 29.2 Å². The normalized spacial score (nSPS) is 14.0. The molecule has 1 aliphatic heterocycles. The monoisotopic (exact) mass is 561 g/mol. The summed E-state index contributed by atoms with van der Waals surface area (Å²) in [5, 5.41) is 13.6. The number of imide groups is 1. The number of carbonyl (C=O) groups is 3. The minimum Gasteiger partial charge on any atom is -0.490 e. The minimum atomic E-state index is -0.547. The number of anilines is 1. The second-order valence-electron chi connectivity index (χ2n) is 8.88. The highest BCUT2D eigenvalue weighted by Crippen LogP contribution is 2.36. The van der Waals surface area contributed by atoms with Gasteiger partial charge >= 0.3 is 0 Å². The first-order chi connectivity index (χ1) is 19.2. The van der Waals surface area contributed by atoms with Gasteiger partial charge in [0.15, 0.2) is 18.1 Å².